The van der Waals surface area contributed by atoms with Crippen LogP contribution in [0.4, 0.5) is 0 Å². The fraction of sp³-hybridized carbons (Fsp3) is 1.00. The maximum absolute atomic E-state index is 3.68. The average Bonchev–Trinajstić information content (AvgIpc) is 2.48. The Kier molecular flexibility index (Phi) is 5.36. The molecular formula is C17H33N3. The SMILES string of the molecule is CN1CCCC2CN(CCCC3CCCCN3)CCC21. The largest absolute Gasteiger partial charge is 0.314 e. The van der Waals surface area contributed by atoms with Gasteiger partial charge in [-0.3, -0.25) is 0 Å². The van der Waals surface area contributed by atoms with E-state index < -0.39 is 0 Å². The Labute approximate surface area is 125 Å². The van der Waals surface area contributed by atoms with Crippen molar-refractivity contribution in [1.29, 1.82) is 0 Å². The molecule has 0 amide bonds. The second-order valence-corrected chi connectivity index (χ2v) is 7.33. The van der Waals surface area contributed by atoms with Gasteiger partial charge in [0.15, 0.2) is 0 Å². The van der Waals surface area contributed by atoms with Crippen molar-refractivity contribution in [1.82, 2.24) is 15.1 Å². The molecule has 3 aliphatic rings. The van der Waals surface area contributed by atoms with Crippen LogP contribution in [0.3, 0.4) is 0 Å². The Bertz CT molecular complexity index is 288. The summed E-state index contributed by atoms with van der Waals surface area (Å²) in [5.41, 5.74) is 0. The highest BCUT2D eigenvalue weighted by Gasteiger charge is 2.33. The molecule has 3 rings (SSSR count). The van der Waals surface area contributed by atoms with Crippen LogP contribution in [0.5, 0.6) is 0 Å². The van der Waals surface area contributed by atoms with Crippen molar-refractivity contribution in [3.05, 3.63) is 0 Å². The van der Waals surface area contributed by atoms with Gasteiger partial charge in [-0.2, -0.15) is 0 Å². The molecule has 116 valence electrons. The Morgan fingerprint density at radius 1 is 1.05 bits per heavy atom. The Morgan fingerprint density at radius 2 is 2.00 bits per heavy atom. The standard InChI is InChI=1S/C17H33N3/c1-19-11-4-6-15-14-20(13-9-17(15)19)12-5-8-16-7-2-3-10-18-16/h15-18H,2-14H2,1H3. The molecule has 20 heavy (non-hydrogen) atoms. The minimum absolute atomic E-state index is 0.821. The first-order valence-electron chi connectivity index (χ1n) is 8.99. The summed E-state index contributed by atoms with van der Waals surface area (Å²) in [6.07, 6.45) is 11.3. The molecule has 3 unspecified atom stereocenters. The highest BCUT2D eigenvalue weighted by molar-refractivity contribution is 4.89. The molecular weight excluding hydrogens is 246 g/mol. The summed E-state index contributed by atoms with van der Waals surface area (Å²) in [6.45, 7) is 6.63. The van der Waals surface area contributed by atoms with Gasteiger partial charge in [-0.15, -0.1) is 0 Å². The third-order valence-corrected chi connectivity index (χ3v) is 5.87. The van der Waals surface area contributed by atoms with E-state index >= 15 is 0 Å². The maximum atomic E-state index is 3.68. The third-order valence-electron chi connectivity index (χ3n) is 5.87. The van der Waals surface area contributed by atoms with Gasteiger partial charge < -0.3 is 15.1 Å². The lowest BCUT2D eigenvalue weighted by Crippen LogP contribution is -2.52. The van der Waals surface area contributed by atoms with E-state index in [2.05, 4.69) is 22.2 Å². The number of hydrogen-bond donors (Lipinski definition) is 1. The van der Waals surface area contributed by atoms with Gasteiger partial charge in [0.1, 0.15) is 0 Å². The van der Waals surface area contributed by atoms with Crippen LogP contribution in [-0.4, -0.2) is 61.7 Å². The molecule has 3 fully saturated rings. The fourth-order valence-electron chi connectivity index (χ4n) is 4.66. The summed E-state index contributed by atoms with van der Waals surface area (Å²) >= 11 is 0. The number of rotatable bonds is 4. The van der Waals surface area contributed by atoms with Crippen molar-refractivity contribution in [2.45, 2.75) is 63.5 Å². The summed E-state index contributed by atoms with van der Waals surface area (Å²) in [6, 6.07) is 1.71. The molecule has 0 aromatic heterocycles. The van der Waals surface area contributed by atoms with E-state index in [1.165, 1.54) is 84.1 Å². The molecule has 3 aliphatic heterocycles. The zero-order chi connectivity index (χ0) is 13.8. The van der Waals surface area contributed by atoms with Crippen LogP contribution in [0.1, 0.15) is 51.4 Å². The Hall–Kier alpha value is -0.120. The van der Waals surface area contributed by atoms with Crippen LogP contribution in [0.25, 0.3) is 0 Å². The maximum Gasteiger partial charge on any atom is 0.0145 e. The molecule has 3 heteroatoms. The van der Waals surface area contributed by atoms with E-state index in [0.717, 1.165) is 18.0 Å². The van der Waals surface area contributed by atoms with Crippen LogP contribution in [0.2, 0.25) is 0 Å². The molecule has 0 bridgehead atoms. The normalized spacial score (nSPS) is 36.8. The highest BCUT2D eigenvalue weighted by Crippen LogP contribution is 2.29. The predicted octanol–water partition coefficient (Wildman–Crippen LogP) is 2.32. The van der Waals surface area contributed by atoms with E-state index in [-0.39, 0.29) is 0 Å². The monoisotopic (exact) mass is 279 g/mol. The molecule has 3 saturated heterocycles. The van der Waals surface area contributed by atoms with Crippen LogP contribution in [0.15, 0.2) is 0 Å². The number of nitrogens with one attached hydrogen (secondary N) is 1. The van der Waals surface area contributed by atoms with E-state index in [4.69, 9.17) is 0 Å². The molecule has 0 aliphatic carbocycles. The zero-order valence-electron chi connectivity index (χ0n) is 13.3. The summed E-state index contributed by atoms with van der Waals surface area (Å²) < 4.78 is 0. The van der Waals surface area contributed by atoms with Crippen LogP contribution in [0, 0.1) is 5.92 Å². The smallest absolute Gasteiger partial charge is 0.0145 e. The minimum atomic E-state index is 0.821. The van der Waals surface area contributed by atoms with Gasteiger partial charge in [0.25, 0.3) is 0 Å². The lowest BCUT2D eigenvalue weighted by atomic mass is 9.84. The lowest BCUT2D eigenvalue weighted by molar-refractivity contribution is 0.0377. The van der Waals surface area contributed by atoms with Crippen LogP contribution in [-0.2, 0) is 0 Å². The summed E-state index contributed by atoms with van der Waals surface area (Å²) in [5.74, 6) is 0.954. The first-order valence-corrected chi connectivity index (χ1v) is 8.99. The second-order valence-electron chi connectivity index (χ2n) is 7.33. The molecule has 0 radical (unpaired) electrons. The van der Waals surface area contributed by atoms with Gasteiger partial charge in [-0.05, 0) is 84.1 Å². The van der Waals surface area contributed by atoms with Crippen molar-refractivity contribution < 1.29 is 0 Å². The van der Waals surface area contributed by atoms with E-state index in [0.29, 0.717) is 0 Å². The molecule has 0 aromatic rings. The molecule has 3 nitrogen and oxygen atoms in total. The van der Waals surface area contributed by atoms with Crippen LogP contribution >= 0.6 is 0 Å². The first-order chi connectivity index (χ1) is 9.83. The second kappa shape index (κ2) is 7.24. The molecule has 3 atom stereocenters. The highest BCUT2D eigenvalue weighted by atomic mass is 15.2. The number of hydrogen-bond acceptors (Lipinski definition) is 3. The summed E-state index contributed by atoms with van der Waals surface area (Å²) in [5, 5.41) is 3.68. The van der Waals surface area contributed by atoms with Gasteiger partial charge in [0.2, 0.25) is 0 Å². The van der Waals surface area contributed by atoms with Crippen molar-refractivity contribution in [2.75, 3.05) is 39.8 Å². The fourth-order valence-corrected chi connectivity index (χ4v) is 4.66. The average molecular weight is 279 g/mol. The summed E-state index contributed by atoms with van der Waals surface area (Å²) in [7, 11) is 2.33. The molecule has 0 aromatic carbocycles. The zero-order valence-corrected chi connectivity index (χ0v) is 13.3. The van der Waals surface area contributed by atoms with Gasteiger partial charge in [0, 0.05) is 18.6 Å². The topological polar surface area (TPSA) is 18.5 Å². The third kappa shape index (κ3) is 3.75. The Morgan fingerprint density at radius 3 is 2.85 bits per heavy atom. The quantitative estimate of drug-likeness (QED) is 0.852. The number of nitrogens with zero attached hydrogens (tertiary/aromatic N) is 2. The number of likely N-dealkylation sites (tertiary alicyclic amines) is 2. The van der Waals surface area contributed by atoms with Crippen molar-refractivity contribution >= 4 is 0 Å². The predicted molar refractivity (Wildman–Crippen MR) is 85.1 cm³/mol. The molecule has 0 spiro atoms. The van der Waals surface area contributed by atoms with E-state index in [1.807, 2.05) is 0 Å². The molecule has 3 heterocycles. The number of fused-ring (bicyclic) bond motifs is 1. The van der Waals surface area contributed by atoms with Gasteiger partial charge in [-0.25, -0.2) is 0 Å². The summed E-state index contributed by atoms with van der Waals surface area (Å²) in [4.78, 5) is 5.38. The lowest BCUT2D eigenvalue weighted by Gasteiger charge is -2.46. The van der Waals surface area contributed by atoms with Crippen molar-refractivity contribution in [3.63, 3.8) is 0 Å². The van der Waals surface area contributed by atoms with Gasteiger partial charge in [-0.1, -0.05) is 6.42 Å². The van der Waals surface area contributed by atoms with E-state index in [9.17, 15) is 0 Å². The van der Waals surface area contributed by atoms with Gasteiger partial charge in [0.05, 0.1) is 0 Å². The number of piperidine rings is 3. The van der Waals surface area contributed by atoms with Crippen LogP contribution < -0.4 is 5.32 Å². The Balaban J connectivity index is 1.36. The van der Waals surface area contributed by atoms with E-state index in [1.54, 1.807) is 0 Å². The minimum Gasteiger partial charge on any atom is -0.314 e. The van der Waals surface area contributed by atoms with Gasteiger partial charge >= 0.3 is 0 Å². The molecule has 1 N–H and O–H groups in total. The molecule has 0 saturated carbocycles. The van der Waals surface area contributed by atoms with Crippen molar-refractivity contribution in [3.8, 4) is 0 Å². The van der Waals surface area contributed by atoms with Crippen molar-refractivity contribution in [2.24, 2.45) is 5.92 Å². The first kappa shape index (κ1) is 14.8.